The van der Waals surface area contributed by atoms with E-state index in [-0.39, 0.29) is 29.8 Å². The molecule has 2 aromatic rings. The summed E-state index contributed by atoms with van der Waals surface area (Å²) in [5, 5.41) is 21.5. The van der Waals surface area contributed by atoms with Crippen molar-refractivity contribution in [2.24, 2.45) is 11.8 Å². The van der Waals surface area contributed by atoms with Gasteiger partial charge < -0.3 is 10.2 Å². The first-order valence-electron chi connectivity index (χ1n) is 9.70. The zero-order valence-corrected chi connectivity index (χ0v) is 15.7. The first kappa shape index (κ1) is 20.3. The second-order valence-electron chi connectivity index (χ2n) is 8.32. The number of nitrogens with zero attached hydrogens (tertiary/aromatic N) is 1. The van der Waals surface area contributed by atoms with E-state index >= 15 is 0 Å². The van der Waals surface area contributed by atoms with Crippen LogP contribution in [-0.4, -0.2) is 34.7 Å². The van der Waals surface area contributed by atoms with Crippen molar-refractivity contribution in [3.05, 3.63) is 71.0 Å². The van der Waals surface area contributed by atoms with Crippen LogP contribution >= 0.6 is 0 Å². The third-order valence-corrected chi connectivity index (χ3v) is 6.26. The number of likely N-dealkylation sites (tertiary alicyclic amines) is 1. The zero-order chi connectivity index (χ0) is 20.8. The third kappa shape index (κ3) is 4.17. The van der Waals surface area contributed by atoms with Gasteiger partial charge >= 0.3 is 6.18 Å². The molecule has 156 valence electrons. The van der Waals surface area contributed by atoms with E-state index in [0.717, 1.165) is 12.1 Å². The Morgan fingerprint density at radius 3 is 2.24 bits per heavy atom. The van der Waals surface area contributed by atoms with Crippen LogP contribution in [0.25, 0.3) is 0 Å². The molecular formula is C22H23F4NO2. The van der Waals surface area contributed by atoms with E-state index in [1.807, 2.05) is 4.90 Å². The molecule has 0 amide bonds. The number of hydrogen-bond acceptors (Lipinski definition) is 3. The molecule has 0 radical (unpaired) electrons. The van der Waals surface area contributed by atoms with Crippen molar-refractivity contribution >= 4 is 0 Å². The first-order chi connectivity index (χ1) is 13.6. The van der Waals surface area contributed by atoms with E-state index in [4.69, 9.17) is 0 Å². The summed E-state index contributed by atoms with van der Waals surface area (Å²) in [4.78, 5) is 2.05. The largest absolute Gasteiger partial charge is 0.416 e. The fraction of sp³-hybridized carbons (Fsp3) is 0.455. The minimum atomic E-state index is -4.44. The van der Waals surface area contributed by atoms with Gasteiger partial charge in [0.25, 0.3) is 0 Å². The van der Waals surface area contributed by atoms with Crippen LogP contribution in [-0.2, 0) is 11.8 Å². The Morgan fingerprint density at radius 2 is 1.66 bits per heavy atom. The molecule has 2 N–H and O–H groups in total. The molecule has 0 bridgehead atoms. The van der Waals surface area contributed by atoms with Gasteiger partial charge in [0.15, 0.2) is 0 Å². The number of rotatable bonds is 4. The van der Waals surface area contributed by atoms with E-state index in [9.17, 15) is 27.8 Å². The summed E-state index contributed by atoms with van der Waals surface area (Å²) >= 11 is 0. The number of aliphatic hydroxyl groups is 2. The highest BCUT2D eigenvalue weighted by Gasteiger charge is 2.49. The van der Waals surface area contributed by atoms with Crippen LogP contribution in [0.3, 0.4) is 0 Å². The highest BCUT2D eigenvalue weighted by Crippen LogP contribution is 2.49. The summed E-state index contributed by atoms with van der Waals surface area (Å²) in [7, 11) is 0. The lowest BCUT2D eigenvalue weighted by Gasteiger charge is -2.27. The lowest BCUT2D eigenvalue weighted by atomic mass is 9.90. The second kappa shape index (κ2) is 7.38. The minimum Gasteiger partial charge on any atom is -0.387 e. The Bertz CT molecular complexity index is 854. The molecule has 2 aromatic carbocycles. The molecule has 1 aliphatic carbocycles. The molecule has 1 saturated heterocycles. The Kier molecular flexibility index (Phi) is 5.17. The van der Waals surface area contributed by atoms with Crippen LogP contribution in [0.15, 0.2) is 48.5 Å². The number of hydrogen-bond donors (Lipinski definition) is 2. The normalized spacial score (nSPS) is 28.5. The monoisotopic (exact) mass is 409 g/mol. The van der Waals surface area contributed by atoms with Gasteiger partial charge in [0.2, 0.25) is 0 Å². The summed E-state index contributed by atoms with van der Waals surface area (Å²) in [5.74, 6) is 0.128. The molecule has 29 heavy (non-hydrogen) atoms. The summed E-state index contributed by atoms with van der Waals surface area (Å²) in [6.07, 6.45) is -4.34. The number of benzene rings is 2. The average molecular weight is 409 g/mol. The summed E-state index contributed by atoms with van der Waals surface area (Å²) in [5.41, 5.74) is -0.783. The predicted octanol–water partition coefficient (Wildman–Crippen LogP) is 4.11. The maximum atomic E-state index is 13.2. The molecule has 2 fully saturated rings. The summed E-state index contributed by atoms with van der Waals surface area (Å²) < 4.78 is 51.8. The first-order valence-corrected chi connectivity index (χ1v) is 9.70. The van der Waals surface area contributed by atoms with Crippen LogP contribution < -0.4 is 0 Å². The number of β-amino-alcohol motifs (C(OH)–C–C–N with tert-alkyl or cyclic N) is 1. The average Bonchev–Trinajstić information content (AvgIpc) is 3.16. The molecule has 2 unspecified atom stereocenters. The van der Waals surface area contributed by atoms with Crippen LogP contribution in [0.4, 0.5) is 17.6 Å². The lowest BCUT2D eigenvalue weighted by molar-refractivity contribution is -0.137. The molecule has 7 heteroatoms. The molecule has 2 aliphatic rings. The fourth-order valence-corrected chi connectivity index (χ4v) is 4.87. The molecule has 4 atom stereocenters. The van der Waals surface area contributed by atoms with Gasteiger partial charge in [-0.1, -0.05) is 24.3 Å². The number of aliphatic hydroxyl groups excluding tert-OH is 1. The summed E-state index contributed by atoms with van der Waals surface area (Å²) in [6, 6.07) is 10.7. The van der Waals surface area contributed by atoms with E-state index in [1.165, 1.54) is 24.3 Å². The molecule has 0 aromatic heterocycles. The molecule has 0 spiro atoms. The van der Waals surface area contributed by atoms with Crippen molar-refractivity contribution in [3.63, 3.8) is 0 Å². The van der Waals surface area contributed by atoms with Gasteiger partial charge in [-0.05, 0) is 60.1 Å². The van der Waals surface area contributed by atoms with Gasteiger partial charge in [0, 0.05) is 19.6 Å². The number of fused-ring (bicyclic) bond motifs is 1. The van der Waals surface area contributed by atoms with Crippen molar-refractivity contribution in [2.45, 2.75) is 30.7 Å². The van der Waals surface area contributed by atoms with Crippen molar-refractivity contribution in [1.29, 1.82) is 0 Å². The van der Waals surface area contributed by atoms with E-state index in [1.54, 1.807) is 12.1 Å². The van der Waals surface area contributed by atoms with Gasteiger partial charge in [-0.3, -0.25) is 4.90 Å². The van der Waals surface area contributed by atoms with E-state index in [2.05, 4.69) is 0 Å². The maximum absolute atomic E-state index is 13.2. The van der Waals surface area contributed by atoms with Crippen molar-refractivity contribution in [1.82, 2.24) is 4.90 Å². The van der Waals surface area contributed by atoms with Crippen LogP contribution in [0.5, 0.6) is 0 Å². The number of halogens is 4. The quantitative estimate of drug-likeness (QED) is 0.747. The highest BCUT2D eigenvalue weighted by molar-refractivity contribution is 5.28. The predicted molar refractivity (Wildman–Crippen MR) is 99.4 cm³/mol. The van der Waals surface area contributed by atoms with Gasteiger partial charge in [0.05, 0.1) is 17.3 Å². The van der Waals surface area contributed by atoms with E-state index in [0.29, 0.717) is 31.5 Å². The SMILES string of the molecule is OC(CN1C[C@@H]2CC(O)(c3ccc(F)cc3)C[C@@H]2C1)c1cccc(C(F)(F)F)c1. The lowest BCUT2D eigenvalue weighted by Crippen LogP contribution is -2.31. The molecule has 1 aliphatic heterocycles. The van der Waals surface area contributed by atoms with Crippen molar-refractivity contribution < 1.29 is 27.8 Å². The number of alkyl halides is 3. The Morgan fingerprint density at radius 1 is 1.03 bits per heavy atom. The third-order valence-electron chi connectivity index (χ3n) is 6.26. The second-order valence-corrected chi connectivity index (χ2v) is 8.32. The molecule has 3 nitrogen and oxygen atoms in total. The molecular weight excluding hydrogens is 386 g/mol. The molecule has 1 heterocycles. The Hall–Kier alpha value is -1.96. The zero-order valence-electron chi connectivity index (χ0n) is 15.7. The topological polar surface area (TPSA) is 43.7 Å². The standard InChI is InChI=1S/C22H23F4NO2/c23-19-6-4-17(5-7-19)21(29)9-15-11-27(12-16(15)10-21)13-20(28)14-2-1-3-18(8-14)22(24,25)26/h1-8,15-16,20,28-29H,9-13H2/t15-,16+,20?,21?. The van der Waals surface area contributed by atoms with Crippen LogP contribution in [0.1, 0.15) is 35.6 Å². The maximum Gasteiger partial charge on any atom is 0.416 e. The van der Waals surface area contributed by atoms with E-state index < -0.39 is 23.4 Å². The van der Waals surface area contributed by atoms with Gasteiger partial charge in [0.1, 0.15) is 5.82 Å². The van der Waals surface area contributed by atoms with Crippen LogP contribution in [0.2, 0.25) is 0 Å². The minimum absolute atomic E-state index is 0.235. The summed E-state index contributed by atoms with van der Waals surface area (Å²) in [6.45, 7) is 1.59. The Balaban J connectivity index is 1.38. The fourth-order valence-electron chi connectivity index (χ4n) is 4.87. The highest BCUT2D eigenvalue weighted by atomic mass is 19.4. The van der Waals surface area contributed by atoms with Crippen molar-refractivity contribution in [2.75, 3.05) is 19.6 Å². The molecule has 4 rings (SSSR count). The van der Waals surface area contributed by atoms with Gasteiger partial charge in [-0.2, -0.15) is 13.2 Å². The van der Waals surface area contributed by atoms with Gasteiger partial charge in [-0.15, -0.1) is 0 Å². The Labute approximate surface area is 166 Å². The smallest absolute Gasteiger partial charge is 0.387 e. The van der Waals surface area contributed by atoms with Crippen LogP contribution in [0, 0.1) is 17.7 Å². The van der Waals surface area contributed by atoms with Crippen molar-refractivity contribution in [3.8, 4) is 0 Å². The van der Waals surface area contributed by atoms with Gasteiger partial charge in [-0.25, -0.2) is 4.39 Å². The molecule has 1 saturated carbocycles.